The molecule has 0 aromatic rings. The van der Waals surface area contributed by atoms with E-state index in [9.17, 15) is 14.4 Å². The Bertz CT molecular complexity index is 344. The van der Waals surface area contributed by atoms with E-state index in [2.05, 4.69) is 5.32 Å². The fourth-order valence-electron chi connectivity index (χ4n) is 1.45. The molecule has 1 N–H and O–H groups in total. The normalized spacial score (nSPS) is 24.4. The highest BCUT2D eigenvalue weighted by Gasteiger charge is 2.42. The molecule has 1 aliphatic rings. The fourth-order valence-corrected chi connectivity index (χ4v) is 1.45. The summed E-state index contributed by atoms with van der Waals surface area (Å²) in [6.45, 7) is 9.14. The van der Waals surface area contributed by atoms with Crippen LogP contribution in [0.4, 0.5) is 4.79 Å². The van der Waals surface area contributed by atoms with Gasteiger partial charge in [0.15, 0.2) is 0 Å². The van der Waals surface area contributed by atoms with Crippen molar-refractivity contribution >= 4 is 17.8 Å². The van der Waals surface area contributed by atoms with Crippen LogP contribution in [-0.2, 0) is 9.59 Å². The Labute approximate surface area is 95.2 Å². The zero-order valence-corrected chi connectivity index (χ0v) is 10.3. The summed E-state index contributed by atoms with van der Waals surface area (Å²) < 4.78 is 0. The minimum atomic E-state index is -0.789. The van der Waals surface area contributed by atoms with E-state index in [1.54, 1.807) is 6.92 Å². The van der Waals surface area contributed by atoms with E-state index >= 15 is 0 Å². The van der Waals surface area contributed by atoms with Crippen molar-refractivity contribution in [3.8, 4) is 0 Å². The monoisotopic (exact) mass is 226 g/mol. The molecule has 0 bridgehead atoms. The van der Waals surface area contributed by atoms with E-state index in [0.717, 1.165) is 4.90 Å². The smallest absolute Gasteiger partial charge is 0.277 e. The third kappa shape index (κ3) is 2.08. The summed E-state index contributed by atoms with van der Waals surface area (Å²) in [6.07, 6.45) is 0. The Morgan fingerprint density at radius 1 is 1.25 bits per heavy atom. The lowest BCUT2D eigenvalue weighted by molar-refractivity contribution is -0.144. The highest BCUT2D eigenvalue weighted by Crippen LogP contribution is 2.26. The van der Waals surface area contributed by atoms with E-state index in [1.807, 2.05) is 20.8 Å². The number of nitrogens with one attached hydrogen (secondary N) is 1. The summed E-state index contributed by atoms with van der Waals surface area (Å²) in [7, 11) is 0. The SMILES string of the molecule is CC1C(=O)NC(=O)N(C(C)C(C)(C)C)C1=O. The van der Waals surface area contributed by atoms with E-state index in [-0.39, 0.29) is 11.5 Å². The number of hydrogen-bond donors (Lipinski definition) is 1. The summed E-state index contributed by atoms with van der Waals surface area (Å²) in [5.41, 5.74) is -0.215. The third-order valence-electron chi connectivity index (χ3n) is 3.09. The van der Waals surface area contributed by atoms with Gasteiger partial charge in [-0.3, -0.25) is 19.8 Å². The molecule has 1 saturated heterocycles. The minimum Gasteiger partial charge on any atom is -0.277 e. The van der Waals surface area contributed by atoms with Crippen LogP contribution < -0.4 is 5.32 Å². The Hall–Kier alpha value is -1.39. The highest BCUT2D eigenvalue weighted by molar-refractivity contribution is 6.16. The summed E-state index contributed by atoms with van der Waals surface area (Å²) in [4.78, 5) is 35.9. The van der Waals surface area contributed by atoms with Crippen molar-refractivity contribution < 1.29 is 14.4 Å². The average Bonchev–Trinajstić information content (AvgIpc) is 2.13. The molecule has 0 aromatic heterocycles. The van der Waals surface area contributed by atoms with Crippen LogP contribution >= 0.6 is 0 Å². The van der Waals surface area contributed by atoms with E-state index in [1.165, 1.54) is 6.92 Å². The molecule has 2 atom stereocenters. The molecule has 2 unspecified atom stereocenters. The van der Waals surface area contributed by atoms with E-state index in [0.29, 0.717) is 0 Å². The van der Waals surface area contributed by atoms with Crippen LogP contribution in [0, 0.1) is 11.3 Å². The van der Waals surface area contributed by atoms with Crippen LogP contribution in [-0.4, -0.2) is 28.8 Å². The van der Waals surface area contributed by atoms with Gasteiger partial charge in [-0.25, -0.2) is 4.79 Å². The number of carbonyl (C=O) groups is 3. The molecule has 5 nitrogen and oxygen atoms in total. The molecular formula is C11H18N2O3. The van der Waals surface area contributed by atoms with Gasteiger partial charge in [-0.15, -0.1) is 0 Å². The molecule has 0 radical (unpaired) electrons. The van der Waals surface area contributed by atoms with Gasteiger partial charge in [-0.05, 0) is 19.3 Å². The van der Waals surface area contributed by atoms with Crippen molar-refractivity contribution in [2.24, 2.45) is 11.3 Å². The summed E-state index contributed by atoms with van der Waals surface area (Å²) in [6, 6.07) is -0.869. The molecule has 1 heterocycles. The van der Waals surface area contributed by atoms with Gasteiger partial charge in [-0.1, -0.05) is 20.8 Å². The predicted molar refractivity (Wildman–Crippen MR) is 58.5 cm³/mol. The van der Waals surface area contributed by atoms with E-state index < -0.39 is 23.8 Å². The Balaban J connectivity index is 3.00. The van der Waals surface area contributed by atoms with Crippen molar-refractivity contribution in [3.05, 3.63) is 0 Å². The zero-order valence-electron chi connectivity index (χ0n) is 10.3. The number of amides is 4. The number of carbonyl (C=O) groups excluding carboxylic acids is 3. The van der Waals surface area contributed by atoms with Crippen LogP contribution in [0.3, 0.4) is 0 Å². The molecular weight excluding hydrogens is 208 g/mol. The first kappa shape index (κ1) is 12.7. The van der Waals surface area contributed by atoms with Crippen molar-refractivity contribution in [2.45, 2.75) is 40.7 Å². The predicted octanol–water partition coefficient (Wildman–Crippen LogP) is 1.14. The zero-order chi connectivity index (χ0) is 12.7. The van der Waals surface area contributed by atoms with Gasteiger partial charge < -0.3 is 0 Å². The number of urea groups is 1. The first-order valence-electron chi connectivity index (χ1n) is 5.34. The van der Waals surface area contributed by atoms with Crippen molar-refractivity contribution in [1.82, 2.24) is 10.2 Å². The van der Waals surface area contributed by atoms with Gasteiger partial charge >= 0.3 is 6.03 Å². The molecule has 0 aliphatic carbocycles. The molecule has 16 heavy (non-hydrogen) atoms. The van der Waals surface area contributed by atoms with Crippen molar-refractivity contribution in [1.29, 1.82) is 0 Å². The molecule has 0 spiro atoms. The minimum absolute atomic E-state index is 0.215. The molecule has 1 fully saturated rings. The van der Waals surface area contributed by atoms with Gasteiger partial charge in [0.1, 0.15) is 5.92 Å². The van der Waals surface area contributed by atoms with Crippen molar-refractivity contribution in [2.75, 3.05) is 0 Å². The van der Waals surface area contributed by atoms with Crippen LogP contribution in [0.15, 0.2) is 0 Å². The largest absolute Gasteiger partial charge is 0.331 e. The molecule has 1 rings (SSSR count). The lowest BCUT2D eigenvalue weighted by Gasteiger charge is -2.39. The number of imide groups is 2. The average molecular weight is 226 g/mol. The van der Waals surface area contributed by atoms with Crippen molar-refractivity contribution in [3.63, 3.8) is 0 Å². The summed E-state index contributed by atoms with van der Waals surface area (Å²) >= 11 is 0. The first-order chi connectivity index (χ1) is 7.16. The molecule has 0 aromatic carbocycles. The third-order valence-corrected chi connectivity index (χ3v) is 3.09. The second-order valence-electron chi connectivity index (χ2n) is 5.27. The second-order valence-corrected chi connectivity index (χ2v) is 5.27. The molecule has 0 saturated carbocycles. The van der Waals surface area contributed by atoms with Crippen LogP contribution in [0.1, 0.15) is 34.6 Å². The topological polar surface area (TPSA) is 66.5 Å². The molecule has 4 amide bonds. The summed E-state index contributed by atoms with van der Waals surface area (Å²) in [5, 5.41) is 2.19. The maximum atomic E-state index is 11.9. The fraction of sp³-hybridized carbons (Fsp3) is 0.727. The maximum absolute atomic E-state index is 11.9. The first-order valence-corrected chi connectivity index (χ1v) is 5.34. The molecule has 90 valence electrons. The quantitative estimate of drug-likeness (QED) is 0.682. The maximum Gasteiger partial charge on any atom is 0.331 e. The number of nitrogens with zero attached hydrogens (tertiary/aromatic N) is 1. The lowest BCUT2D eigenvalue weighted by atomic mass is 9.86. The molecule has 5 heteroatoms. The van der Waals surface area contributed by atoms with Crippen LogP contribution in [0.2, 0.25) is 0 Å². The number of rotatable bonds is 1. The Morgan fingerprint density at radius 2 is 1.75 bits per heavy atom. The number of barbiturate groups is 1. The lowest BCUT2D eigenvalue weighted by Crippen LogP contribution is -2.61. The molecule has 1 aliphatic heterocycles. The standard InChI is InChI=1S/C11H18N2O3/c1-6-8(14)12-10(16)13(9(6)15)7(2)11(3,4)5/h6-7H,1-5H3,(H,12,14,16). The number of hydrogen-bond acceptors (Lipinski definition) is 3. The van der Waals surface area contributed by atoms with Gasteiger partial charge in [0.2, 0.25) is 11.8 Å². The van der Waals surface area contributed by atoms with E-state index in [4.69, 9.17) is 0 Å². The van der Waals surface area contributed by atoms with Gasteiger partial charge in [0.05, 0.1) is 0 Å². The Morgan fingerprint density at radius 3 is 2.19 bits per heavy atom. The summed E-state index contributed by atoms with van der Waals surface area (Å²) in [5.74, 6) is -1.73. The highest BCUT2D eigenvalue weighted by atomic mass is 16.2. The van der Waals surface area contributed by atoms with Gasteiger partial charge in [0, 0.05) is 6.04 Å². The second kappa shape index (κ2) is 3.88. The van der Waals surface area contributed by atoms with Crippen LogP contribution in [0.5, 0.6) is 0 Å². The van der Waals surface area contributed by atoms with Gasteiger partial charge in [-0.2, -0.15) is 0 Å². The Kier molecular flexibility index (Phi) is 3.08. The van der Waals surface area contributed by atoms with Gasteiger partial charge in [0.25, 0.3) is 0 Å². The van der Waals surface area contributed by atoms with Crippen LogP contribution in [0.25, 0.3) is 0 Å².